The maximum atomic E-state index is 12.6. The van der Waals surface area contributed by atoms with Crippen molar-refractivity contribution in [2.45, 2.75) is 45.1 Å². The van der Waals surface area contributed by atoms with E-state index in [9.17, 15) is 9.59 Å². The van der Waals surface area contributed by atoms with Crippen molar-refractivity contribution in [3.8, 4) is 0 Å². The van der Waals surface area contributed by atoms with Crippen molar-refractivity contribution in [1.82, 2.24) is 9.80 Å². The molecule has 0 aromatic heterocycles. The first kappa shape index (κ1) is 14.3. The van der Waals surface area contributed by atoms with Crippen molar-refractivity contribution in [3.05, 3.63) is 0 Å². The van der Waals surface area contributed by atoms with E-state index in [1.165, 1.54) is 0 Å². The molecule has 0 radical (unpaired) electrons. The van der Waals surface area contributed by atoms with Crippen molar-refractivity contribution in [1.29, 1.82) is 0 Å². The van der Waals surface area contributed by atoms with Gasteiger partial charge in [0.15, 0.2) is 0 Å². The summed E-state index contributed by atoms with van der Waals surface area (Å²) in [5, 5.41) is 0. The Bertz CT molecular complexity index is 346. The predicted molar refractivity (Wildman–Crippen MR) is 73.4 cm³/mol. The maximum absolute atomic E-state index is 12.6. The van der Waals surface area contributed by atoms with Crippen LogP contribution in [0.25, 0.3) is 0 Å². The van der Waals surface area contributed by atoms with Crippen molar-refractivity contribution < 1.29 is 9.59 Å². The molecule has 2 N–H and O–H groups in total. The smallest absolute Gasteiger partial charge is 0.245 e. The molecule has 2 amide bonds. The first-order valence-electron chi connectivity index (χ1n) is 7.45. The summed E-state index contributed by atoms with van der Waals surface area (Å²) < 4.78 is 0. The minimum absolute atomic E-state index is 0.104. The molecule has 108 valence electrons. The van der Waals surface area contributed by atoms with Gasteiger partial charge in [-0.05, 0) is 38.1 Å². The highest BCUT2D eigenvalue weighted by atomic mass is 16.2. The van der Waals surface area contributed by atoms with Gasteiger partial charge in [-0.2, -0.15) is 0 Å². The zero-order valence-corrected chi connectivity index (χ0v) is 11.8. The quantitative estimate of drug-likeness (QED) is 0.813. The highest BCUT2D eigenvalue weighted by molar-refractivity contribution is 5.88. The van der Waals surface area contributed by atoms with Crippen LogP contribution >= 0.6 is 0 Å². The Balaban J connectivity index is 2.01. The van der Waals surface area contributed by atoms with E-state index < -0.39 is 0 Å². The SMILES string of the molecule is CCC(=O)N1CCCCC1C(=O)N1CCC(CN)C1. The van der Waals surface area contributed by atoms with Crippen LogP contribution in [0.2, 0.25) is 0 Å². The normalized spacial score (nSPS) is 27.7. The number of likely N-dealkylation sites (tertiary alicyclic amines) is 2. The number of carbonyl (C=O) groups is 2. The van der Waals surface area contributed by atoms with Crippen molar-refractivity contribution in [3.63, 3.8) is 0 Å². The number of nitrogens with zero attached hydrogens (tertiary/aromatic N) is 2. The molecule has 2 fully saturated rings. The van der Waals surface area contributed by atoms with Gasteiger partial charge in [0.2, 0.25) is 11.8 Å². The number of nitrogens with two attached hydrogens (primary N) is 1. The lowest BCUT2D eigenvalue weighted by Gasteiger charge is -2.36. The fraction of sp³-hybridized carbons (Fsp3) is 0.857. The van der Waals surface area contributed by atoms with Gasteiger partial charge in [0, 0.05) is 26.1 Å². The van der Waals surface area contributed by atoms with Crippen LogP contribution in [-0.4, -0.2) is 53.8 Å². The third kappa shape index (κ3) is 3.08. The lowest BCUT2D eigenvalue weighted by atomic mass is 10.0. The molecule has 0 bridgehead atoms. The fourth-order valence-electron chi connectivity index (χ4n) is 3.13. The molecule has 2 heterocycles. The lowest BCUT2D eigenvalue weighted by Crippen LogP contribution is -2.52. The zero-order valence-electron chi connectivity index (χ0n) is 11.8. The monoisotopic (exact) mass is 267 g/mol. The highest BCUT2D eigenvalue weighted by Gasteiger charge is 2.36. The first-order chi connectivity index (χ1) is 9.17. The van der Waals surface area contributed by atoms with Crippen LogP contribution in [0.1, 0.15) is 39.0 Å². The van der Waals surface area contributed by atoms with Gasteiger partial charge in [-0.25, -0.2) is 0 Å². The van der Waals surface area contributed by atoms with E-state index in [2.05, 4.69) is 0 Å². The molecule has 2 aliphatic rings. The summed E-state index contributed by atoms with van der Waals surface area (Å²) >= 11 is 0. The number of amides is 2. The van der Waals surface area contributed by atoms with Crippen molar-refractivity contribution >= 4 is 11.8 Å². The zero-order chi connectivity index (χ0) is 13.8. The molecular weight excluding hydrogens is 242 g/mol. The molecule has 2 rings (SSSR count). The first-order valence-corrected chi connectivity index (χ1v) is 7.45. The Labute approximate surface area is 115 Å². The summed E-state index contributed by atoms with van der Waals surface area (Å²) in [6, 6.07) is -0.224. The minimum Gasteiger partial charge on any atom is -0.341 e. The van der Waals surface area contributed by atoms with Gasteiger partial charge in [-0.1, -0.05) is 6.92 Å². The molecule has 0 aliphatic carbocycles. The molecule has 5 heteroatoms. The molecule has 19 heavy (non-hydrogen) atoms. The maximum Gasteiger partial charge on any atom is 0.245 e. The van der Waals surface area contributed by atoms with Gasteiger partial charge < -0.3 is 15.5 Å². The minimum atomic E-state index is -0.224. The number of piperidine rings is 1. The molecule has 0 aromatic rings. The van der Waals surface area contributed by atoms with E-state index in [1.54, 1.807) is 4.90 Å². The molecule has 2 aliphatic heterocycles. The second-order valence-electron chi connectivity index (χ2n) is 5.63. The molecule has 2 atom stereocenters. The van der Waals surface area contributed by atoms with Crippen LogP contribution in [-0.2, 0) is 9.59 Å². The molecule has 5 nitrogen and oxygen atoms in total. The summed E-state index contributed by atoms with van der Waals surface area (Å²) in [6.45, 7) is 4.80. The molecule has 2 unspecified atom stereocenters. The third-order valence-corrected chi connectivity index (χ3v) is 4.34. The summed E-state index contributed by atoms with van der Waals surface area (Å²) in [7, 11) is 0. The largest absolute Gasteiger partial charge is 0.341 e. The number of carbonyl (C=O) groups excluding carboxylic acids is 2. The van der Waals surface area contributed by atoms with Crippen molar-refractivity contribution in [2.75, 3.05) is 26.2 Å². The van der Waals surface area contributed by atoms with E-state index in [0.717, 1.165) is 45.3 Å². The molecule has 0 saturated carbocycles. The Morgan fingerprint density at radius 1 is 1.21 bits per heavy atom. The Morgan fingerprint density at radius 3 is 2.63 bits per heavy atom. The van der Waals surface area contributed by atoms with Crippen LogP contribution in [0, 0.1) is 5.92 Å². The molecule has 2 saturated heterocycles. The summed E-state index contributed by atoms with van der Waals surface area (Å²) in [6.07, 6.45) is 4.35. The average Bonchev–Trinajstić information content (AvgIpc) is 2.94. The Morgan fingerprint density at radius 2 is 2.00 bits per heavy atom. The van der Waals surface area contributed by atoms with Crippen LogP contribution in [0.3, 0.4) is 0 Å². The van der Waals surface area contributed by atoms with Gasteiger partial charge in [-0.3, -0.25) is 9.59 Å². The Kier molecular flexibility index (Phi) is 4.80. The highest BCUT2D eigenvalue weighted by Crippen LogP contribution is 2.23. The number of hydrogen-bond acceptors (Lipinski definition) is 3. The van der Waals surface area contributed by atoms with E-state index in [4.69, 9.17) is 5.73 Å². The van der Waals surface area contributed by atoms with Gasteiger partial charge in [0.25, 0.3) is 0 Å². The van der Waals surface area contributed by atoms with Crippen LogP contribution < -0.4 is 5.73 Å². The van der Waals surface area contributed by atoms with Gasteiger partial charge >= 0.3 is 0 Å². The van der Waals surface area contributed by atoms with E-state index in [1.807, 2.05) is 11.8 Å². The van der Waals surface area contributed by atoms with Crippen LogP contribution in [0.15, 0.2) is 0 Å². The number of hydrogen-bond donors (Lipinski definition) is 1. The third-order valence-electron chi connectivity index (χ3n) is 4.34. The molecule has 0 aromatic carbocycles. The lowest BCUT2D eigenvalue weighted by molar-refractivity contribution is -0.147. The predicted octanol–water partition coefficient (Wildman–Crippen LogP) is 0.585. The van der Waals surface area contributed by atoms with E-state index >= 15 is 0 Å². The number of rotatable bonds is 3. The fourth-order valence-corrected chi connectivity index (χ4v) is 3.13. The second kappa shape index (κ2) is 6.37. The van der Waals surface area contributed by atoms with Gasteiger partial charge in [0.05, 0.1) is 0 Å². The molecular formula is C14H25N3O2. The van der Waals surface area contributed by atoms with Crippen LogP contribution in [0.4, 0.5) is 0 Å². The summed E-state index contributed by atoms with van der Waals surface area (Å²) in [4.78, 5) is 28.2. The summed E-state index contributed by atoms with van der Waals surface area (Å²) in [5.41, 5.74) is 5.67. The average molecular weight is 267 g/mol. The standard InChI is InChI=1S/C14H25N3O2/c1-2-13(18)17-7-4-3-5-12(17)14(19)16-8-6-11(9-15)10-16/h11-12H,2-10,15H2,1H3. The van der Waals surface area contributed by atoms with Crippen molar-refractivity contribution in [2.24, 2.45) is 11.7 Å². The van der Waals surface area contributed by atoms with E-state index in [0.29, 0.717) is 18.9 Å². The van der Waals surface area contributed by atoms with E-state index in [-0.39, 0.29) is 17.9 Å². The van der Waals surface area contributed by atoms with Gasteiger partial charge in [-0.15, -0.1) is 0 Å². The Hall–Kier alpha value is -1.10. The molecule has 0 spiro atoms. The van der Waals surface area contributed by atoms with Crippen LogP contribution in [0.5, 0.6) is 0 Å². The van der Waals surface area contributed by atoms with Gasteiger partial charge in [0.1, 0.15) is 6.04 Å². The topological polar surface area (TPSA) is 66.6 Å². The second-order valence-corrected chi connectivity index (χ2v) is 5.63. The summed E-state index contributed by atoms with van der Waals surface area (Å²) in [5.74, 6) is 0.674.